The molecule has 0 aromatic heterocycles. The number of amides is 1. The fraction of sp³-hybridized carbons (Fsp3) is 0.714. The Kier molecular flexibility index (Phi) is 6.02. The van der Waals surface area contributed by atoms with Gasteiger partial charge in [0.1, 0.15) is 0 Å². The number of aliphatic carboxylic acids is 1. The Morgan fingerprint density at radius 2 is 2.00 bits per heavy atom. The summed E-state index contributed by atoms with van der Waals surface area (Å²) < 4.78 is 5.27. The highest BCUT2D eigenvalue weighted by Gasteiger charge is 2.40. The predicted octanol–water partition coefficient (Wildman–Crippen LogP) is 1.44. The van der Waals surface area contributed by atoms with E-state index in [1.807, 2.05) is 13.8 Å². The molecule has 0 aromatic carbocycles. The Balaban J connectivity index is 2.32. The topological polar surface area (TPSA) is 75.6 Å². The van der Waals surface area contributed by atoms with Crippen LogP contribution < -0.4 is 5.32 Å². The third-order valence-corrected chi connectivity index (χ3v) is 3.35. The summed E-state index contributed by atoms with van der Waals surface area (Å²) in [5.41, 5.74) is 0.932. The van der Waals surface area contributed by atoms with Gasteiger partial charge in [0.05, 0.1) is 25.0 Å². The maximum absolute atomic E-state index is 12.0. The van der Waals surface area contributed by atoms with Crippen LogP contribution in [0, 0.1) is 17.8 Å². The van der Waals surface area contributed by atoms with Gasteiger partial charge in [-0.3, -0.25) is 9.59 Å². The highest BCUT2D eigenvalue weighted by molar-refractivity contribution is 5.85. The van der Waals surface area contributed by atoms with Crippen molar-refractivity contribution in [2.24, 2.45) is 17.8 Å². The largest absolute Gasteiger partial charge is 0.481 e. The number of carbonyl (C=O) groups excluding carboxylic acids is 1. The van der Waals surface area contributed by atoms with E-state index in [0.29, 0.717) is 32.6 Å². The predicted molar refractivity (Wildman–Crippen MR) is 71.7 cm³/mol. The van der Waals surface area contributed by atoms with Crippen LogP contribution in [0.3, 0.4) is 0 Å². The van der Waals surface area contributed by atoms with E-state index in [9.17, 15) is 9.59 Å². The molecule has 1 amide bonds. The maximum atomic E-state index is 12.0. The zero-order valence-corrected chi connectivity index (χ0v) is 11.6. The Morgan fingerprint density at radius 1 is 1.37 bits per heavy atom. The first-order valence-electron chi connectivity index (χ1n) is 6.64. The van der Waals surface area contributed by atoms with Gasteiger partial charge in [-0.25, -0.2) is 0 Å². The molecule has 1 fully saturated rings. The molecular formula is C14H23NO4. The number of carboxylic acid groups (broad SMARTS) is 1. The molecule has 0 saturated heterocycles. The van der Waals surface area contributed by atoms with Crippen LogP contribution in [0.5, 0.6) is 0 Å². The van der Waals surface area contributed by atoms with Crippen molar-refractivity contribution in [1.29, 1.82) is 0 Å². The van der Waals surface area contributed by atoms with E-state index >= 15 is 0 Å². The van der Waals surface area contributed by atoms with Crippen molar-refractivity contribution in [3.05, 3.63) is 12.2 Å². The number of carbonyl (C=O) groups is 2. The first-order chi connectivity index (χ1) is 8.91. The summed E-state index contributed by atoms with van der Waals surface area (Å²) in [5, 5.41) is 11.9. The fourth-order valence-corrected chi connectivity index (χ4v) is 2.48. The van der Waals surface area contributed by atoms with Crippen molar-refractivity contribution in [1.82, 2.24) is 5.32 Å². The standard InChI is InChI=1S/C14H23NO4/c1-9(2)8-19-5-4-15-13(16)11-6-10(3)7-12(11)14(17)18/h10-12H,1,4-8H2,2-3H3,(H,15,16)(H,17,18)/t10?,11-,12+/m0/s1. The highest BCUT2D eigenvalue weighted by Crippen LogP contribution is 2.36. The van der Waals surface area contributed by atoms with Gasteiger partial charge in [0, 0.05) is 6.54 Å². The van der Waals surface area contributed by atoms with Gasteiger partial charge in [-0.2, -0.15) is 0 Å². The molecule has 5 heteroatoms. The van der Waals surface area contributed by atoms with Gasteiger partial charge in [0.2, 0.25) is 5.91 Å². The van der Waals surface area contributed by atoms with Gasteiger partial charge in [0.25, 0.3) is 0 Å². The van der Waals surface area contributed by atoms with E-state index in [1.165, 1.54) is 0 Å². The fourth-order valence-electron chi connectivity index (χ4n) is 2.48. The molecule has 1 rings (SSSR count). The van der Waals surface area contributed by atoms with Gasteiger partial charge < -0.3 is 15.2 Å². The van der Waals surface area contributed by atoms with E-state index in [2.05, 4.69) is 11.9 Å². The summed E-state index contributed by atoms with van der Waals surface area (Å²) in [6.45, 7) is 8.87. The minimum atomic E-state index is -0.872. The van der Waals surface area contributed by atoms with Crippen LogP contribution >= 0.6 is 0 Å². The zero-order valence-electron chi connectivity index (χ0n) is 11.6. The lowest BCUT2D eigenvalue weighted by Crippen LogP contribution is -2.37. The van der Waals surface area contributed by atoms with Crippen LogP contribution in [0.1, 0.15) is 26.7 Å². The van der Waals surface area contributed by atoms with Crippen molar-refractivity contribution in [2.75, 3.05) is 19.8 Å². The smallest absolute Gasteiger partial charge is 0.307 e. The third kappa shape index (κ3) is 5.03. The van der Waals surface area contributed by atoms with Crippen LogP contribution in [0.15, 0.2) is 12.2 Å². The second-order valence-electron chi connectivity index (χ2n) is 5.43. The second-order valence-corrected chi connectivity index (χ2v) is 5.43. The van der Waals surface area contributed by atoms with E-state index < -0.39 is 17.8 Å². The minimum absolute atomic E-state index is 0.171. The summed E-state index contributed by atoms with van der Waals surface area (Å²) in [4.78, 5) is 23.1. The number of carboxylic acids is 1. The Bertz CT molecular complexity index is 353. The Labute approximate surface area is 114 Å². The van der Waals surface area contributed by atoms with Crippen LogP contribution in [-0.4, -0.2) is 36.7 Å². The number of nitrogens with one attached hydrogen (secondary N) is 1. The van der Waals surface area contributed by atoms with E-state index in [0.717, 1.165) is 5.57 Å². The van der Waals surface area contributed by atoms with E-state index in [-0.39, 0.29) is 11.8 Å². The van der Waals surface area contributed by atoms with Gasteiger partial charge in [-0.15, -0.1) is 0 Å². The number of hydrogen-bond acceptors (Lipinski definition) is 3. The summed E-state index contributed by atoms with van der Waals surface area (Å²) in [6.07, 6.45) is 1.23. The van der Waals surface area contributed by atoms with Gasteiger partial charge in [-0.05, 0) is 25.7 Å². The monoisotopic (exact) mass is 269 g/mol. The van der Waals surface area contributed by atoms with Crippen molar-refractivity contribution in [3.63, 3.8) is 0 Å². The number of hydrogen-bond donors (Lipinski definition) is 2. The maximum Gasteiger partial charge on any atom is 0.307 e. The zero-order chi connectivity index (χ0) is 14.4. The average molecular weight is 269 g/mol. The van der Waals surface area contributed by atoms with E-state index in [1.54, 1.807) is 0 Å². The quantitative estimate of drug-likeness (QED) is 0.541. The molecule has 0 spiro atoms. The lowest BCUT2D eigenvalue weighted by atomic mass is 9.95. The first-order valence-corrected chi connectivity index (χ1v) is 6.64. The van der Waals surface area contributed by atoms with Crippen molar-refractivity contribution < 1.29 is 19.4 Å². The van der Waals surface area contributed by atoms with Crippen molar-refractivity contribution in [2.45, 2.75) is 26.7 Å². The minimum Gasteiger partial charge on any atom is -0.481 e. The summed E-state index contributed by atoms with van der Waals surface area (Å²) >= 11 is 0. The number of ether oxygens (including phenoxy) is 1. The molecule has 19 heavy (non-hydrogen) atoms. The molecule has 0 radical (unpaired) electrons. The molecular weight excluding hydrogens is 246 g/mol. The first kappa shape index (κ1) is 15.7. The molecule has 1 unspecified atom stereocenters. The van der Waals surface area contributed by atoms with Gasteiger partial charge in [-0.1, -0.05) is 19.1 Å². The summed E-state index contributed by atoms with van der Waals surface area (Å²) in [7, 11) is 0. The molecule has 108 valence electrons. The van der Waals surface area contributed by atoms with Crippen molar-refractivity contribution >= 4 is 11.9 Å². The second kappa shape index (κ2) is 7.28. The average Bonchev–Trinajstić information content (AvgIpc) is 2.70. The van der Waals surface area contributed by atoms with Crippen LogP contribution in [0.4, 0.5) is 0 Å². The molecule has 1 aliphatic carbocycles. The molecule has 2 N–H and O–H groups in total. The molecule has 5 nitrogen and oxygen atoms in total. The highest BCUT2D eigenvalue weighted by atomic mass is 16.5. The lowest BCUT2D eigenvalue weighted by Gasteiger charge is -2.15. The Hall–Kier alpha value is -1.36. The van der Waals surface area contributed by atoms with Crippen LogP contribution in [0.25, 0.3) is 0 Å². The molecule has 0 bridgehead atoms. The molecule has 1 saturated carbocycles. The summed E-state index contributed by atoms with van der Waals surface area (Å²) in [6, 6.07) is 0. The molecule has 3 atom stereocenters. The third-order valence-electron chi connectivity index (χ3n) is 3.35. The summed E-state index contributed by atoms with van der Waals surface area (Å²) in [5.74, 6) is -1.71. The number of rotatable bonds is 7. The lowest BCUT2D eigenvalue weighted by molar-refractivity contribution is -0.146. The van der Waals surface area contributed by atoms with Crippen LogP contribution in [-0.2, 0) is 14.3 Å². The normalized spacial score (nSPS) is 26.1. The van der Waals surface area contributed by atoms with E-state index in [4.69, 9.17) is 9.84 Å². The molecule has 0 aliphatic heterocycles. The van der Waals surface area contributed by atoms with Gasteiger partial charge >= 0.3 is 5.97 Å². The molecule has 0 heterocycles. The van der Waals surface area contributed by atoms with Crippen molar-refractivity contribution in [3.8, 4) is 0 Å². The van der Waals surface area contributed by atoms with Crippen LogP contribution in [0.2, 0.25) is 0 Å². The molecule has 1 aliphatic rings. The van der Waals surface area contributed by atoms with Gasteiger partial charge in [0.15, 0.2) is 0 Å². The SMILES string of the molecule is C=C(C)COCCNC(=O)[C@H]1CC(C)C[C@H]1C(=O)O. The Morgan fingerprint density at radius 3 is 2.58 bits per heavy atom. The molecule has 0 aromatic rings.